The minimum absolute atomic E-state index is 0.109. The Morgan fingerprint density at radius 1 is 0.266 bits per heavy atom. The molecule has 3 unspecified atom stereocenters. The molecule has 0 saturated carbocycles. The van der Waals surface area contributed by atoms with Crippen LogP contribution in [-0.4, -0.2) is 96.7 Å². The van der Waals surface area contributed by atoms with Gasteiger partial charge >= 0.3 is 39.5 Å². The molecule has 0 aliphatic heterocycles. The molecule has 0 aromatic carbocycles. The van der Waals surface area contributed by atoms with E-state index in [2.05, 4.69) is 41.5 Å². The molecule has 0 saturated heterocycles. The van der Waals surface area contributed by atoms with E-state index in [0.717, 1.165) is 102 Å². The maximum atomic E-state index is 13.2. The van der Waals surface area contributed by atoms with Gasteiger partial charge in [0.1, 0.15) is 19.3 Å². The summed E-state index contributed by atoms with van der Waals surface area (Å²) in [6.07, 6.45) is 74.8. The molecule has 0 bridgehead atoms. The van der Waals surface area contributed by atoms with E-state index in [-0.39, 0.29) is 25.7 Å². The number of esters is 4. The molecule has 648 valence electrons. The predicted molar refractivity (Wildman–Crippen MR) is 451 cm³/mol. The molecule has 6 atom stereocenters. The Kier molecular flexibility index (Phi) is 79.8. The number of aliphatic hydroxyl groups excluding tert-OH is 1. The summed E-state index contributed by atoms with van der Waals surface area (Å²) in [5.41, 5.74) is 0. The van der Waals surface area contributed by atoms with E-state index in [9.17, 15) is 43.2 Å². The Morgan fingerprint density at radius 3 is 0.697 bits per heavy atom. The number of ether oxygens (including phenoxy) is 4. The highest BCUT2D eigenvalue weighted by Crippen LogP contribution is 2.45. The first kappa shape index (κ1) is 107. The Balaban J connectivity index is 5.26. The number of rotatable bonds is 89. The fourth-order valence-electron chi connectivity index (χ4n) is 14.1. The number of phosphoric ester groups is 2. The van der Waals surface area contributed by atoms with Crippen molar-refractivity contribution in [1.29, 1.82) is 0 Å². The average Bonchev–Trinajstić information content (AvgIpc) is 0.899. The number of unbranched alkanes of at least 4 members (excludes halogenated alkanes) is 58. The first-order valence-electron chi connectivity index (χ1n) is 46.5. The van der Waals surface area contributed by atoms with Crippen LogP contribution in [0.1, 0.15) is 485 Å². The van der Waals surface area contributed by atoms with Gasteiger partial charge in [0.15, 0.2) is 12.2 Å². The van der Waals surface area contributed by atoms with Gasteiger partial charge < -0.3 is 33.8 Å². The van der Waals surface area contributed by atoms with Crippen LogP contribution in [0.4, 0.5) is 0 Å². The molecule has 0 amide bonds. The summed E-state index contributed by atoms with van der Waals surface area (Å²) < 4.78 is 69.1. The highest BCUT2D eigenvalue weighted by atomic mass is 31.2. The van der Waals surface area contributed by atoms with E-state index >= 15 is 0 Å². The normalized spacial score (nSPS) is 14.0. The minimum Gasteiger partial charge on any atom is -0.462 e. The molecule has 0 aliphatic rings. The van der Waals surface area contributed by atoms with Crippen molar-refractivity contribution in [3.05, 3.63) is 0 Å². The SMILES string of the molecule is CCCCCCCCCCCCCCCCCCCC(=O)O[C@H](COC(=O)CCCCCCCCCCCCCCC)COP(=O)(O)OC[C@H](O)COP(=O)(O)OC[C@@H](COC(=O)CCCCCCCCCCCCCCCCC(C)CC)OC(=O)CCCCCCCCCCCCCCCCCCCCC(C)C. The lowest BCUT2D eigenvalue weighted by molar-refractivity contribution is -0.161. The topological polar surface area (TPSA) is 237 Å². The standard InChI is InChI=1S/C90H176O17P2/c1-7-10-12-14-16-18-20-22-23-26-30-38-44-50-56-62-68-74-89(94)106-85(78-100-87(92)72-66-60-54-48-42-34-21-19-17-15-13-11-8-2)80-104-108(96,97)102-76-84(91)77-103-109(98,99)105-81-86(79-101-88(93)73-67-61-55-49-43-37-33-32-36-41-47-53-59-65-71-83(6)9-3)107-90(95)75-69-63-57-51-45-39-31-28-25-24-27-29-35-40-46-52-58-64-70-82(4)5/h82-86,91H,7-81H2,1-6H3,(H,96,97)(H,98,99)/t83?,84-,85+,86+/m0/s1. The Hall–Kier alpha value is -1.94. The predicted octanol–water partition coefficient (Wildman–Crippen LogP) is 27.8. The van der Waals surface area contributed by atoms with Gasteiger partial charge in [-0.05, 0) is 37.5 Å². The van der Waals surface area contributed by atoms with Gasteiger partial charge in [0.25, 0.3) is 0 Å². The van der Waals surface area contributed by atoms with Crippen molar-refractivity contribution in [3.8, 4) is 0 Å². The number of carbonyl (C=O) groups is 4. The second kappa shape index (κ2) is 81.2. The minimum atomic E-state index is -4.97. The van der Waals surface area contributed by atoms with Crippen LogP contribution in [0, 0.1) is 11.8 Å². The van der Waals surface area contributed by atoms with Crippen molar-refractivity contribution < 1.29 is 80.2 Å². The summed E-state index contributed by atoms with van der Waals surface area (Å²) in [5.74, 6) is -0.424. The zero-order valence-corrected chi connectivity index (χ0v) is 73.7. The lowest BCUT2D eigenvalue weighted by atomic mass is 9.99. The smallest absolute Gasteiger partial charge is 0.462 e. The van der Waals surface area contributed by atoms with Crippen LogP contribution in [-0.2, 0) is 65.4 Å². The lowest BCUT2D eigenvalue weighted by Gasteiger charge is -2.21. The molecular formula is C90H176O17P2. The summed E-state index contributed by atoms with van der Waals surface area (Å²) in [4.78, 5) is 73.4. The molecule has 19 heteroatoms. The van der Waals surface area contributed by atoms with Crippen molar-refractivity contribution in [2.24, 2.45) is 11.8 Å². The van der Waals surface area contributed by atoms with Crippen LogP contribution in [0.2, 0.25) is 0 Å². The third kappa shape index (κ3) is 82.4. The van der Waals surface area contributed by atoms with Gasteiger partial charge in [-0.25, -0.2) is 9.13 Å². The molecule has 0 fully saturated rings. The van der Waals surface area contributed by atoms with E-state index in [1.807, 2.05) is 0 Å². The van der Waals surface area contributed by atoms with Crippen molar-refractivity contribution >= 4 is 39.5 Å². The van der Waals surface area contributed by atoms with Gasteiger partial charge in [-0.2, -0.15) is 0 Å². The Bertz CT molecular complexity index is 2080. The van der Waals surface area contributed by atoms with Crippen LogP contribution >= 0.6 is 15.6 Å². The number of hydrogen-bond acceptors (Lipinski definition) is 15. The summed E-state index contributed by atoms with van der Waals surface area (Å²) in [7, 11) is -9.93. The molecular weight excluding hydrogens is 1410 g/mol. The second-order valence-corrected chi connectivity index (χ2v) is 36.0. The van der Waals surface area contributed by atoms with Gasteiger partial charge in [0.2, 0.25) is 0 Å². The number of phosphoric acid groups is 2. The highest BCUT2D eigenvalue weighted by molar-refractivity contribution is 7.47. The first-order chi connectivity index (χ1) is 52.9. The third-order valence-corrected chi connectivity index (χ3v) is 23.5. The molecule has 109 heavy (non-hydrogen) atoms. The maximum Gasteiger partial charge on any atom is 0.472 e. The van der Waals surface area contributed by atoms with Crippen LogP contribution in [0.3, 0.4) is 0 Å². The van der Waals surface area contributed by atoms with Crippen molar-refractivity contribution in [3.63, 3.8) is 0 Å². The van der Waals surface area contributed by atoms with Gasteiger partial charge in [0, 0.05) is 25.7 Å². The Morgan fingerprint density at radius 2 is 0.468 bits per heavy atom. The largest absolute Gasteiger partial charge is 0.472 e. The zero-order chi connectivity index (χ0) is 79.9. The van der Waals surface area contributed by atoms with Gasteiger partial charge in [-0.1, -0.05) is 433 Å². The van der Waals surface area contributed by atoms with Crippen molar-refractivity contribution in [2.75, 3.05) is 39.6 Å². The highest BCUT2D eigenvalue weighted by Gasteiger charge is 2.31. The first-order valence-corrected chi connectivity index (χ1v) is 49.5. The number of aliphatic hydroxyl groups is 1. The van der Waals surface area contributed by atoms with Crippen LogP contribution in [0.5, 0.6) is 0 Å². The molecule has 0 aromatic rings. The average molecular weight is 1590 g/mol. The van der Waals surface area contributed by atoms with Crippen molar-refractivity contribution in [1.82, 2.24) is 0 Å². The van der Waals surface area contributed by atoms with Gasteiger partial charge in [-0.15, -0.1) is 0 Å². The second-order valence-electron chi connectivity index (χ2n) is 33.1. The summed E-state index contributed by atoms with van der Waals surface area (Å²) in [5, 5.41) is 10.7. The van der Waals surface area contributed by atoms with E-state index in [1.54, 1.807) is 0 Å². The van der Waals surface area contributed by atoms with Crippen LogP contribution in [0.15, 0.2) is 0 Å². The lowest BCUT2D eigenvalue weighted by Crippen LogP contribution is -2.30. The van der Waals surface area contributed by atoms with Gasteiger partial charge in [0.05, 0.1) is 26.4 Å². The summed E-state index contributed by atoms with van der Waals surface area (Å²) in [6, 6.07) is 0. The molecule has 0 spiro atoms. The molecule has 0 aliphatic carbocycles. The van der Waals surface area contributed by atoms with E-state index in [0.29, 0.717) is 25.7 Å². The van der Waals surface area contributed by atoms with E-state index < -0.39 is 97.5 Å². The van der Waals surface area contributed by atoms with Crippen molar-refractivity contribution in [2.45, 2.75) is 503 Å². The summed E-state index contributed by atoms with van der Waals surface area (Å²) in [6.45, 7) is 9.80. The van der Waals surface area contributed by atoms with E-state index in [4.69, 9.17) is 37.0 Å². The molecule has 17 nitrogen and oxygen atoms in total. The fraction of sp³-hybridized carbons (Fsp3) is 0.956. The molecule has 0 heterocycles. The molecule has 3 N–H and O–H groups in total. The van der Waals surface area contributed by atoms with Crippen LogP contribution < -0.4 is 0 Å². The number of carbonyl (C=O) groups excluding carboxylic acids is 4. The third-order valence-electron chi connectivity index (χ3n) is 21.6. The van der Waals surface area contributed by atoms with E-state index in [1.165, 1.54) is 302 Å². The quantitative estimate of drug-likeness (QED) is 0.0222. The summed E-state index contributed by atoms with van der Waals surface area (Å²) >= 11 is 0. The Labute approximate surface area is 670 Å². The van der Waals surface area contributed by atoms with Crippen LogP contribution in [0.25, 0.3) is 0 Å². The van der Waals surface area contributed by atoms with Gasteiger partial charge in [-0.3, -0.25) is 37.3 Å². The maximum absolute atomic E-state index is 13.2. The molecule has 0 radical (unpaired) electrons. The number of hydrogen-bond donors (Lipinski definition) is 3. The molecule has 0 rings (SSSR count). The monoisotopic (exact) mass is 1590 g/mol. The zero-order valence-electron chi connectivity index (χ0n) is 71.9. The fourth-order valence-corrected chi connectivity index (χ4v) is 15.7. The molecule has 0 aromatic heterocycles.